The van der Waals surface area contributed by atoms with Gasteiger partial charge in [-0.3, -0.25) is 14.4 Å². The summed E-state index contributed by atoms with van der Waals surface area (Å²) in [6.07, 6.45) is 0. The number of nitrogens with zero attached hydrogens (tertiary/aromatic N) is 3. The molecule has 0 saturated carbocycles. The Kier molecular flexibility index (Phi) is 14.9. The molecule has 4 aromatic rings. The van der Waals surface area contributed by atoms with Gasteiger partial charge in [0.1, 0.15) is 37.1 Å². The van der Waals surface area contributed by atoms with E-state index in [1.807, 2.05) is 36.4 Å². The fraction of sp³-hybridized carbons (Fsp3) is 0.231. The van der Waals surface area contributed by atoms with Crippen LogP contribution in [0.1, 0.15) is 20.8 Å². The molecule has 1 aromatic heterocycles. The quantitative estimate of drug-likeness (QED) is 0.0478. The van der Waals surface area contributed by atoms with Crippen LogP contribution in [0.3, 0.4) is 0 Å². The summed E-state index contributed by atoms with van der Waals surface area (Å²) >= 11 is 0. The van der Waals surface area contributed by atoms with E-state index in [1.54, 1.807) is 57.2 Å². The fourth-order valence-corrected chi connectivity index (χ4v) is 4.37. The molecule has 0 radical (unpaired) electrons. The molecular formula is C39H45N9O6. The summed E-state index contributed by atoms with van der Waals surface area (Å²) in [6.45, 7) is 17.5. The first-order chi connectivity index (χ1) is 25.9. The van der Waals surface area contributed by atoms with Crippen molar-refractivity contribution in [1.29, 1.82) is 0 Å². The van der Waals surface area contributed by atoms with E-state index < -0.39 is 0 Å². The van der Waals surface area contributed by atoms with Crippen molar-refractivity contribution in [2.24, 2.45) is 0 Å². The number of carbonyl (C=O) groups excluding carboxylic acids is 3. The van der Waals surface area contributed by atoms with Crippen LogP contribution in [0.4, 0.5) is 34.9 Å². The van der Waals surface area contributed by atoms with E-state index in [1.165, 1.54) is 0 Å². The molecule has 3 amide bonds. The summed E-state index contributed by atoms with van der Waals surface area (Å²) in [7, 11) is 0. The van der Waals surface area contributed by atoms with Crippen molar-refractivity contribution >= 4 is 52.6 Å². The van der Waals surface area contributed by atoms with E-state index in [0.717, 1.165) is 0 Å². The predicted molar refractivity (Wildman–Crippen MR) is 209 cm³/mol. The normalized spacial score (nSPS) is 10.3. The van der Waals surface area contributed by atoms with Gasteiger partial charge in [0.2, 0.25) is 35.6 Å². The van der Waals surface area contributed by atoms with Gasteiger partial charge in [0.15, 0.2) is 0 Å². The number of hydrogen-bond donors (Lipinski definition) is 6. The van der Waals surface area contributed by atoms with E-state index in [9.17, 15) is 14.4 Å². The summed E-state index contributed by atoms with van der Waals surface area (Å²) in [5.74, 6) is 1.69. The van der Waals surface area contributed by atoms with Gasteiger partial charge < -0.3 is 46.1 Å². The summed E-state index contributed by atoms with van der Waals surface area (Å²) in [5, 5.41) is 17.8. The summed E-state index contributed by atoms with van der Waals surface area (Å²) in [5.41, 5.74) is 3.20. The molecule has 282 valence electrons. The lowest BCUT2D eigenvalue weighted by Gasteiger charge is -2.14. The Morgan fingerprint density at radius 3 is 1.04 bits per heavy atom. The smallest absolute Gasteiger partial charge is 0.246 e. The fourth-order valence-electron chi connectivity index (χ4n) is 4.37. The first-order valence-corrected chi connectivity index (χ1v) is 17.0. The highest BCUT2D eigenvalue weighted by Crippen LogP contribution is 2.26. The minimum absolute atomic E-state index is 0.224. The SMILES string of the molecule is C=C(C)C(=O)NCCOc1cccc(Nc2nc(Nc3cccc(OCCNC(=O)C(=C)C)c3)nc(Nc3cccc(OCCNC(=O)C(=C)C)c3)n2)c1. The number of rotatable bonds is 21. The Labute approximate surface area is 314 Å². The number of nitrogens with one attached hydrogen (secondary N) is 6. The number of anilines is 6. The van der Waals surface area contributed by atoms with Gasteiger partial charge in [-0.2, -0.15) is 15.0 Å². The van der Waals surface area contributed by atoms with Crippen LogP contribution in [-0.2, 0) is 14.4 Å². The Bertz CT molecular complexity index is 1750. The molecule has 4 rings (SSSR count). The Morgan fingerprint density at radius 1 is 0.500 bits per heavy atom. The van der Waals surface area contributed by atoms with Crippen LogP contribution < -0.4 is 46.1 Å². The zero-order valence-electron chi connectivity index (χ0n) is 30.6. The first kappa shape index (κ1) is 39.9. The van der Waals surface area contributed by atoms with E-state index >= 15 is 0 Å². The summed E-state index contributed by atoms with van der Waals surface area (Å²) < 4.78 is 17.5. The minimum Gasteiger partial charge on any atom is -0.492 e. The van der Waals surface area contributed by atoms with Gasteiger partial charge in [0, 0.05) is 52.0 Å². The van der Waals surface area contributed by atoms with Gasteiger partial charge in [0.25, 0.3) is 0 Å². The molecular weight excluding hydrogens is 690 g/mol. The van der Waals surface area contributed by atoms with Crippen molar-refractivity contribution in [2.75, 3.05) is 55.4 Å². The standard InChI is InChI=1S/C39H45N9O6/c1-25(2)34(49)40-16-19-52-31-13-7-10-28(22-31)43-37-46-38(44-29-11-8-14-32(23-29)53-20-17-41-35(50)26(3)4)48-39(47-37)45-30-12-9-15-33(24-30)54-21-18-42-36(51)27(5)6/h7-15,22-24H,1,3,5,16-21H2,2,4,6H3,(H,40,49)(H,41,50)(H,42,51)(H3,43,44,45,46,47,48). The van der Waals surface area contributed by atoms with Gasteiger partial charge in [-0.25, -0.2) is 0 Å². The number of aromatic nitrogens is 3. The van der Waals surface area contributed by atoms with Crippen LogP contribution in [0.25, 0.3) is 0 Å². The van der Waals surface area contributed by atoms with Crippen molar-refractivity contribution in [1.82, 2.24) is 30.9 Å². The molecule has 0 bridgehead atoms. The molecule has 54 heavy (non-hydrogen) atoms. The Hall–Kier alpha value is -6.90. The molecule has 1 heterocycles. The highest BCUT2D eigenvalue weighted by molar-refractivity contribution is 5.92. The van der Waals surface area contributed by atoms with Crippen molar-refractivity contribution in [2.45, 2.75) is 20.8 Å². The van der Waals surface area contributed by atoms with Crippen LogP contribution in [0, 0.1) is 0 Å². The van der Waals surface area contributed by atoms with E-state index in [4.69, 9.17) is 14.2 Å². The lowest BCUT2D eigenvalue weighted by atomic mass is 10.3. The topological polar surface area (TPSA) is 190 Å². The minimum atomic E-state index is -0.232. The maximum atomic E-state index is 11.8. The van der Waals surface area contributed by atoms with Crippen molar-refractivity contribution in [3.05, 3.63) is 109 Å². The molecule has 0 spiro atoms. The lowest BCUT2D eigenvalue weighted by molar-refractivity contribution is -0.118. The second-order valence-corrected chi connectivity index (χ2v) is 11.9. The molecule has 15 heteroatoms. The third kappa shape index (κ3) is 13.7. The van der Waals surface area contributed by atoms with Crippen LogP contribution in [0.15, 0.2) is 109 Å². The van der Waals surface area contributed by atoms with Gasteiger partial charge >= 0.3 is 0 Å². The zero-order valence-corrected chi connectivity index (χ0v) is 30.6. The number of carbonyl (C=O) groups is 3. The molecule has 0 fully saturated rings. The molecule has 0 aliphatic carbocycles. The van der Waals surface area contributed by atoms with Crippen LogP contribution in [0.5, 0.6) is 17.2 Å². The van der Waals surface area contributed by atoms with Gasteiger partial charge in [-0.05, 0) is 57.2 Å². The van der Waals surface area contributed by atoms with E-state index in [0.29, 0.717) is 70.7 Å². The second kappa shape index (κ2) is 20.2. The molecule has 0 aliphatic rings. The van der Waals surface area contributed by atoms with Crippen molar-refractivity contribution < 1.29 is 28.6 Å². The Balaban J connectivity index is 1.49. The van der Waals surface area contributed by atoms with E-state index in [2.05, 4.69) is 66.6 Å². The van der Waals surface area contributed by atoms with Crippen molar-refractivity contribution in [3.63, 3.8) is 0 Å². The average Bonchev–Trinajstić information content (AvgIpc) is 3.13. The zero-order chi connectivity index (χ0) is 38.9. The maximum Gasteiger partial charge on any atom is 0.246 e. The predicted octanol–water partition coefficient (Wildman–Crippen LogP) is 5.32. The third-order valence-corrected chi connectivity index (χ3v) is 7.04. The van der Waals surface area contributed by atoms with Crippen molar-refractivity contribution in [3.8, 4) is 17.2 Å². The summed E-state index contributed by atoms with van der Waals surface area (Å²) in [4.78, 5) is 49.1. The maximum absolute atomic E-state index is 11.8. The lowest BCUT2D eigenvalue weighted by Crippen LogP contribution is -2.28. The molecule has 0 aliphatic heterocycles. The molecule has 0 unspecified atom stereocenters. The number of ether oxygens (including phenoxy) is 3. The Morgan fingerprint density at radius 2 is 0.778 bits per heavy atom. The van der Waals surface area contributed by atoms with Gasteiger partial charge in [0.05, 0.1) is 19.6 Å². The van der Waals surface area contributed by atoms with E-state index in [-0.39, 0.29) is 55.4 Å². The molecule has 15 nitrogen and oxygen atoms in total. The second-order valence-electron chi connectivity index (χ2n) is 11.9. The molecule has 0 saturated heterocycles. The van der Waals surface area contributed by atoms with Gasteiger partial charge in [-0.15, -0.1) is 0 Å². The summed E-state index contributed by atoms with van der Waals surface area (Å²) in [6, 6.07) is 21.7. The van der Waals surface area contributed by atoms with Gasteiger partial charge in [-0.1, -0.05) is 37.9 Å². The number of benzene rings is 3. The average molecular weight is 736 g/mol. The van der Waals surface area contributed by atoms with Crippen LogP contribution >= 0.6 is 0 Å². The molecule has 6 N–H and O–H groups in total. The first-order valence-electron chi connectivity index (χ1n) is 17.0. The van der Waals surface area contributed by atoms with Crippen LogP contribution in [0.2, 0.25) is 0 Å². The van der Waals surface area contributed by atoms with Crippen LogP contribution in [-0.4, -0.2) is 72.1 Å². The highest BCUT2D eigenvalue weighted by atomic mass is 16.5. The third-order valence-electron chi connectivity index (χ3n) is 7.04. The number of amides is 3. The monoisotopic (exact) mass is 735 g/mol. The number of hydrogen-bond acceptors (Lipinski definition) is 12. The molecule has 3 aromatic carbocycles. The molecule has 0 atom stereocenters. The highest BCUT2D eigenvalue weighted by Gasteiger charge is 2.11. The largest absolute Gasteiger partial charge is 0.492 e.